The molecule has 3 aromatic rings. The maximum atomic E-state index is 12.9. The van der Waals surface area contributed by atoms with E-state index in [0.717, 1.165) is 11.1 Å². The third-order valence-electron chi connectivity index (χ3n) is 4.29. The largest absolute Gasteiger partial charge is 0.496 e. The minimum Gasteiger partial charge on any atom is -0.496 e. The highest BCUT2D eigenvalue weighted by Gasteiger charge is 2.25. The first-order valence-corrected chi connectivity index (χ1v) is 8.96. The average Bonchev–Trinajstić information content (AvgIpc) is 2.75. The molecule has 1 N–H and O–H groups in total. The Morgan fingerprint density at radius 2 is 1.17 bits per heavy atom. The maximum absolute atomic E-state index is 12.9. The quantitative estimate of drug-likeness (QED) is 0.683. The summed E-state index contributed by atoms with van der Waals surface area (Å²) in [5, 5.41) is 2.32. The first kappa shape index (κ1) is 19.9. The van der Waals surface area contributed by atoms with Crippen LogP contribution in [0.4, 0.5) is 4.79 Å². The molecule has 0 unspecified atom stereocenters. The number of benzene rings is 3. The molecule has 0 saturated carbocycles. The van der Waals surface area contributed by atoms with Gasteiger partial charge >= 0.3 is 6.09 Å². The Morgan fingerprint density at radius 3 is 1.62 bits per heavy atom. The fourth-order valence-corrected chi connectivity index (χ4v) is 2.93. The summed E-state index contributed by atoms with van der Waals surface area (Å²) in [5.41, 5.74) is 1.54. The Kier molecular flexibility index (Phi) is 6.47. The molecule has 6 heteroatoms. The number of methoxy groups -OCH3 is 2. The van der Waals surface area contributed by atoms with Gasteiger partial charge in [-0.1, -0.05) is 60.7 Å². The number of nitrogens with one attached hydrogen (secondary N) is 1. The molecule has 0 heterocycles. The van der Waals surface area contributed by atoms with E-state index >= 15 is 0 Å². The number of ether oxygens (including phenoxy) is 3. The van der Waals surface area contributed by atoms with Gasteiger partial charge in [0.25, 0.3) is 0 Å². The Morgan fingerprint density at radius 1 is 0.724 bits per heavy atom. The summed E-state index contributed by atoms with van der Waals surface area (Å²) >= 11 is 0. The van der Waals surface area contributed by atoms with Crippen molar-refractivity contribution in [3.63, 3.8) is 0 Å². The van der Waals surface area contributed by atoms with Crippen LogP contribution in [0.1, 0.15) is 17.0 Å². The lowest BCUT2D eigenvalue weighted by Crippen LogP contribution is -2.37. The van der Waals surface area contributed by atoms with Crippen molar-refractivity contribution in [1.82, 2.24) is 5.32 Å². The van der Waals surface area contributed by atoms with Gasteiger partial charge in [0.2, 0.25) is 5.91 Å². The number of hydrogen-bond acceptors (Lipinski definition) is 5. The number of amides is 2. The summed E-state index contributed by atoms with van der Waals surface area (Å²) in [6, 6.07) is 23.2. The molecule has 0 aliphatic heterocycles. The normalized spacial score (nSPS) is 10.3. The molecule has 0 spiro atoms. The predicted octanol–water partition coefficient (Wildman–Crippen LogP) is 4.15. The van der Waals surface area contributed by atoms with Crippen LogP contribution in [0.2, 0.25) is 0 Å². The monoisotopic (exact) mass is 391 g/mol. The fourth-order valence-electron chi connectivity index (χ4n) is 2.93. The Bertz CT molecular complexity index is 911. The van der Waals surface area contributed by atoms with Crippen LogP contribution in [0, 0.1) is 0 Å². The van der Waals surface area contributed by atoms with Gasteiger partial charge in [-0.25, -0.2) is 4.79 Å². The predicted molar refractivity (Wildman–Crippen MR) is 108 cm³/mol. The zero-order valence-electron chi connectivity index (χ0n) is 16.1. The molecular weight excluding hydrogens is 370 g/mol. The molecule has 0 atom stereocenters. The first-order valence-electron chi connectivity index (χ1n) is 8.96. The van der Waals surface area contributed by atoms with Gasteiger partial charge in [-0.05, 0) is 11.1 Å². The topological polar surface area (TPSA) is 73.9 Å². The molecule has 3 rings (SSSR count). The lowest BCUT2D eigenvalue weighted by Gasteiger charge is -2.17. The highest BCUT2D eigenvalue weighted by molar-refractivity contribution is 5.98. The van der Waals surface area contributed by atoms with Crippen molar-refractivity contribution in [2.24, 2.45) is 0 Å². The van der Waals surface area contributed by atoms with E-state index in [-0.39, 0.29) is 5.75 Å². The molecule has 148 valence electrons. The van der Waals surface area contributed by atoms with Gasteiger partial charge < -0.3 is 14.2 Å². The van der Waals surface area contributed by atoms with Crippen molar-refractivity contribution in [3.05, 3.63) is 90.0 Å². The Labute approximate surface area is 169 Å². The second kappa shape index (κ2) is 9.41. The van der Waals surface area contributed by atoms with E-state index in [1.165, 1.54) is 26.4 Å². The van der Waals surface area contributed by atoms with Crippen molar-refractivity contribution in [2.75, 3.05) is 14.2 Å². The van der Waals surface area contributed by atoms with Crippen molar-refractivity contribution < 1.29 is 23.8 Å². The molecule has 0 saturated heterocycles. The van der Waals surface area contributed by atoms with Crippen LogP contribution in [0.15, 0.2) is 78.9 Å². The molecule has 3 aromatic carbocycles. The van der Waals surface area contributed by atoms with E-state index in [9.17, 15) is 9.59 Å². The SMILES string of the molecule is COc1cc(OC)cc(OC(=O)NC(=O)C(c2ccccc2)c2ccccc2)c1. The molecule has 0 fully saturated rings. The smallest absolute Gasteiger partial charge is 0.419 e. The second-order valence-corrected chi connectivity index (χ2v) is 6.18. The molecule has 0 aliphatic carbocycles. The summed E-state index contributed by atoms with van der Waals surface area (Å²) in [4.78, 5) is 25.3. The van der Waals surface area contributed by atoms with E-state index in [1.54, 1.807) is 6.07 Å². The van der Waals surface area contributed by atoms with E-state index in [0.29, 0.717) is 11.5 Å². The molecule has 0 radical (unpaired) electrons. The zero-order valence-corrected chi connectivity index (χ0v) is 16.1. The van der Waals surface area contributed by atoms with Crippen molar-refractivity contribution >= 4 is 12.0 Å². The van der Waals surface area contributed by atoms with Crippen LogP contribution in [-0.4, -0.2) is 26.2 Å². The molecule has 2 amide bonds. The Hall–Kier alpha value is -3.80. The standard InChI is InChI=1S/C23H21NO5/c1-27-18-13-19(28-2)15-20(14-18)29-23(26)24-22(25)21(16-9-5-3-6-10-16)17-11-7-4-8-12-17/h3-15,21H,1-2H3,(H,24,25,26). The lowest BCUT2D eigenvalue weighted by atomic mass is 9.90. The third-order valence-corrected chi connectivity index (χ3v) is 4.29. The van der Waals surface area contributed by atoms with Gasteiger partial charge in [-0.3, -0.25) is 10.1 Å². The van der Waals surface area contributed by atoms with Crippen molar-refractivity contribution in [2.45, 2.75) is 5.92 Å². The van der Waals surface area contributed by atoms with Gasteiger partial charge in [0.1, 0.15) is 17.2 Å². The van der Waals surface area contributed by atoms with Gasteiger partial charge in [-0.15, -0.1) is 0 Å². The highest BCUT2D eigenvalue weighted by atomic mass is 16.6. The van der Waals surface area contributed by atoms with Crippen LogP contribution >= 0.6 is 0 Å². The van der Waals surface area contributed by atoms with Crippen molar-refractivity contribution in [1.29, 1.82) is 0 Å². The van der Waals surface area contributed by atoms with Gasteiger partial charge in [0.15, 0.2) is 0 Å². The summed E-state index contributed by atoms with van der Waals surface area (Å²) in [6.45, 7) is 0. The molecule has 29 heavy (non-hydrogen) atoms. The second-order valence-electron chi connectivity index (χ2n) is 6.18. The lowest BCUT2D eigenvalue weighted by molar-refractivity contribution is -0.120. The minimum absolute atomic E-state index is 0.197. The van der Waals surface area contributed by atoms with Crippen LogP contribution < -0.4 is 19.5 Å². The van der Waals surface area contributed by atoms with Crippen LogP contribution in [0.25, 0.3) is 0 Å². The number of rotatable bonds is 6. The number of hydrogen-bond donors (Lipinski definition) is 1. The fraction of sp³-hybridized carbons (Fsp3) is 0.130. The number of carbonyl (C=O) groups is 2. The average molecular weight is 391 g/mol. The molecule has 0 bridgehead atoms. The third kappa shape index (κ3) is 5.13. The summed E-state index contributed by atoms with van der Waals surface area (Å²) in [7, 11) is 2.99. The number of imide groups is 1. The van der Waals surface area contributed by atoms with Crippen LogP contribution in [-0.2, 0) is 4.79 Å². The summed E-state index contributed by atoms with van der Waals surface area (Å²) in [5.74, 6) is -0.00984. The summed E-state index contributed by atoms with van der Waals surface area (Å²) in [6.07, 6.45) is -0.887. The minimum atomic E-state index is -0.887. The first-order chi connectivity index (χ1) is 14.1. The molecule has 6 nitrogen and oxygen atoms in total. The van der Waals surface area contributed by atoms with E-state index in [4.69, 9.17) is 14.2 Å². The molecule has 0 aliphatic rings. The van der Waals surface area contributed by atoms with E-state index < -0.39 is 17.9 Å². The van der Waals surface area contributed by atoms with Gasteiger partial charge in [-0.2, -0.15) is 0 Å². The highest BCUT2D eigenvalue weighted by Crippen LogP contribution is 2.28. The Balaban J connectivity index is 1.79. The zero-order chi connectivity index (χ0) is 20.6. The summed E-state index contributed by atoms with van der Waals surface area (Å²) < 4.78 is 15.6. The van der Waals surface area contributed by atoms with Gasteiger partial charge in [0, 0.05) is 18.2 Å². The number of carbonyl (C=O) groups excluding carboxylic acids is 2. The molecule has 0 aromatic heterocycles. The van der Waals surface area contributed by atoms with Crippen molar-refractivity contribution in [3.8, 4) is 17.2 Å². The van der Waals surface area contributed by atoms with Crippen LogP contribution in [0.5, 0.6) is 17.2 Å². The van der Waals surface area contributed by atoms with Gasteiger partial charge in [0.05, 0.1) is 20.1 Å². The molecular formula is C23H21NO5. The van der Waals surface area contributed by atoms with E-state index in [1.807, 2.05) is 60.7 Å². The van der Waals surface area contributed by atoms with E-state index in [2.05, 4.69) is 5.32 Å². The maximum Gasteiger partial charge on any atom is 0.419 e. The van der Waals surface area contributed by atoms with Crippen LogP contribution in [0.3, 0.4) is 0 Å².